The lowest BCUT2D eigenvalue weighted by atomic mass is 10.1. The molecule has 0 fully saturated rings. The molecule has 0 radical (unpaired) electrons. The predicted octanol–water partition coefficient (Wildman–Crippen LogP) is 2.70. The SMILES string of the molecule is CCCCNC(=O)NS(=O)(=O)c1ccc(-n2nc(-c3ccc(OC)cc3)ccc2=O)cc1. The van der Waals surface area contributed by atoms with Gasteiger partial charge in [-0.05, 0) is 61.0 Å². The number of ether oxygens (including phenoxy) is 1. The molecule has 0 unspecified atom stereocenters. The van der Waals surface area contributed by atoms with Crippen LogP contribution in [0.5, 0.6) is 5.75 Å². The maximum atomic E-state index is 12.4. The number of methoxy groups -OCH3 is 1. The van der Waals surface area contributed by atoms with E-state index in [9.17, 15) is 18.0 Å². The van der Waals surface area contributed by atoms with Gasteiger partial charge in [0.25, 0.3) is 15.6 Å². The molecule has 2 aromatic carbocycles. The first-order valence-corrected chi connectivity index (χ1v) is 11.5. The highest BCUT2D eigenvalue weighted by atomic mass is 32.2. The molecule has 3 aromatic rings. The summed E-state index contributed by atoms with van der Waals surface area (Å²) in [5.74, 6) is 0.700. The highest BCUT2D eigenvalue weighted by Gasteiger charge is 2.17. The van der Waals surface area contributed by atoms with Gasteiger partial charge in [-0.3, -0.25) is 4.79 Å². The standard InChI is InChI=1S/C22H24N4O5S/c1-3-4-15-23-22(28)25-32(29,30)19-11-7-17(8-12-19)26-21(27)14-13-20(24-26)16-5-9-18(31-2)10-6-16/h5-14H,3-4,15H2,1-2H3,(H2,23,25,28). The molecule has 0 aliphatic rings. The third-order valence-electron chi connectivity index (χ3n) is 4.62. The molecule has 1 aromatic heterocycles. The van der Waals surface area contributed by atoms with Crippen LogP contribution in [0.25, 0.3) is 16.9 Å². The summed E-state index contributed by atoms with van der Waals surface area (Å²) in [6.07, 6.45) is 1.63. The molecule has 0 spiro atoms. The predicted molar refractivity (Wildman–Crippen MR) is 120 cm³/mol. The minimum Gasteiger partial charge on any atom is -0.497 e. The van der Waals surface area contributed by atoms with Crippen molar-refractivity contribution in [2.24, 2.45) is 0 Å². The van der Waals surface area contributed by atoms with Gasteiger partial charge in [0.15, 0.2) is 0 Å². The lowest BCUT2D eigenvalue weighted by Crippen LogP contribution is -2.39. The number of rotatable bonds is 8. The summed E-state index contributed by atoms with van der Waals surface area (Å²) in [7, 11) is -2.47. The Balaban J connectivity index is 1.82. The van der Waals surface area contributed by atoms with E-state index in [0.717, 1.165) is 18.4 Å². The summed E-state index contributed by atoms with van der Waals surface area (Å²) < 4.78 is 33.1. The van der Waals surface area contributed by atoms with E-state index in [4.69, 9.17) is 4.74 Å². The number of carbonyl (C=O) groups excluding carboxylic acids is 1. The van der Waals surface area contributed by atoms with E-state index in [0.29, 0.717) is 23.7 Å². The maximum absolute atomic E-state index is 12.4. The number of carbonyl (C=O) groups is 1. The number of hydrogen-bond donors (Lipinski definition) is 2. The van der Waals surface area contributed by atoms with Crippen LogP contribution in [-0.2, 0) is 10.0 Å². The fourth-order valence-electron chi connectivity index (χ4n) is 2.87. The Bertz CT molecular complexity index is 1240. The zero-order chi connectivity index (χ0) is 23.1. The zero-order valence-electron chi connectivity index (χ0n) is 17.7. The average Bonchev–Trinajstić information content (AvgIpc) is 2.79. The van der Waals surface area contributed by atoms with E-state index in [1.165, 1.54) is 35.0 Å². The summed E-state index contributed by atoms with van der Waals surface area (Å²) in [6, 6.07) is 15.0. The van der Waals surface area contributed by atoms with Crippen molar-refractivity contribution in [3.8, 4) is 22.7 Å². The van der Waals surface area contributed by atoms with Crippen molar-refractivity contribution in [2.75, 3.05) is 13.7 Å². The van der Waals surface area contributed by atoms with Crippen LogP contribution in [0.15, 0.2) is 70.4 Å². The Kier molecular flexibility index (Phi) is 7.26. The summed E-state index contributed by atoms with van der Waals surface area (Å²) in [6.45, 7) is 2.35. The number of aromatic nitrogens is 2. The van der Waals surface area contributed by atoms with Crippen LogP contribution in [-0.4, -0.2) is 37.9 Å². The van der Waals surface area contributed by atoms with Gasteiger partial charge in [-0.2, -0.15) is 9.78 Å². The Morgan fingerprint density at radius 1 is 1.03 bits per heavy atom. The Hall–Kier alpha value is -3.66. The minimum atomic E-state index is -4.05. The molecule has 9 nitrogen and oxygen atoms in total. The number of benzene rings is 2. The van der Waals surface area contributed by atoms with E-state index in [1.54, 1.807) is 25.3 Å². The first-order valence-electron chi connectivity index (χ1n) is 10.00. The van der Waals surface area contributed by atoms with Gasteiger partial charge >= 0.3 is 6.03 Å². The molecule has 0 saturated heterocycles. The van der Waals surface area contributed by atoms with E-state index < -0.39 is 16.1 Å². The van der Waals surface area contributed by atoms with Gasteiger partial charge in [0.1, 0.15) is 5.75 Å². The van der Waals surface area contributed by atoms with E-state index >= 15 is 0 Å². The highest BCUT2D eigenvalue weighted by molar-refractivity contribution is 7.90. The van der Waals surface area contributed by atoms with Gasteiger partial charge in [0.2, 0.25) is 0 Å². The van der Waals surface area contributed by atoms with Crippen LogP contribution in [0.3, 0.4) is 0 Å². The topological polar surface area (TPSA) is 119 Å². The molecule has 0 atom stereocenters. The van der Waals surface area contributed by atoms with Gasteiger partial charge < -0.3 is 10.1 Å². The molecule has 10 heteroatoms. The molecule has 3 rings (SSSR count). The van der Waals surface area contributed by atoms with Crippen molar-refractivity contribution in [2.45, 2.75) is 24.7 Å². The van der Waals surface area contributed by atoms with Crippen LogP contribution in [0.1, 0.15) is 19.8 Å². The Morgan fingerprint density at radius 2 is 1.72 bits per heavy atom. The summed E-state index contributed by atoms with van der Waals surface area (Å²) in [5, 5.41) is 6.88. The number of unbranched alkanes of at least 4 members (excludes halogenated alkanes) is 1. The first kappa shape index (κ1) is 23.0. The second-order valence-corrected chi connectivity index (χ2v) is 8.59. The van der Waals surface area contributed by atoms with Gasteiger partial charge in [-0.15, -0.1) is 0 Å². The third kappa shape index (κ3) is 5.52. The quantitative estimate of drug-likeness (QED) is 0.503. The molecule has 2 N–H and O–H groups in total. The fourth-order valence-corrected chi connectivity index (χ4v) is 3.80. The molecule has 0 bridgehead atoms. The van der Waals surface area contributed by atoms with Crippen molar-refractivity contribution < 1.29 is 17.9 Å². The van der Waals surface area contributed by atoms with E-state index in [1.807, 2.05) is 23.8 Å². The number of urea groups is 1. The Labute approximate surface area is 186 Å². The average molecular weight is 457 g/mol. The number of nitrogens with zero attached hydrogens (tertiary/aromatic N) is 2. The largest absolute Gasteiger partial charge is 0.497 e. The summed E-state index contributed by atoms with van der Waals surface area (Å²) in [4.78, 5) is 24.0. The highest BCUT2D eigenvalue weighted by Crippen LogP contribution is 2.20. The van der Waals surface area contributed by atoms with Crippen molar-refractivity contribution in [1.82, 2.24) is 19.8 Å². The summed E-state index contributed by atoms with van der Waals surface area (Å²) >= 11 is 0. The normalized spacial score (nSPS) is 11.1. The molecule has 0 aliphatic carbocycles. The van der Waals surface area contributed by atoms with Crippen molar-refractivity contribution >= 4 is 16.1 Å². The molecular formula is C22H24N4O5S. The second-order valence-electron chi connectivity index (χ2n) is 6.91. The molecule has 168 valence electrons. The molecule has 1 heterocycles. The first-order chi connectivity index (χ1) is 15.3. The Morgan fingerprint density at radius 3 is 2.34 bits per heavy atom. The van der Waals surface area contributed by atoms with Crippen molar-refractivity contribution in [3.05, 3.63) is 71.0 Å². The molecular weight excluding hydrogens is 432 g/mol. The lowest BCUT2D eigenvalue weighted by Gasteiger charge is -2.10. The summed E-state index contributed by atoms with van der Waals surface area (Å²) in [5.41, 5.74) is 1.37. The number of sulfonamides is 1. The minimum absolute atomic E-state index is 0.105. The molecule has 0 saturated carbocycles. The van der Waals surface area contributed by atoms with E-state index in [2.05, 4.69) is 10.4 Å². The molecule has 2 amide bonds. The molecule has 32 heavy (non-hydrogen) atoms. The molecule has 0 aliphatic heterocycles. The van der Waals surface area contributed by atoms with Gasteiger partial charge in [0, 0.05) is 18.2 Å². The monoisotopic (exact) mass is 456 g/mol. The number of amides is 2. The van der Waals surface area contributed by atoms with Gasteiger partial charge in [-0.1, -0.05) is 13.3 Å². The zero-order valence-corrected chi connectivity index (χ0v) is 18.6. The third-order valence-corrected chi connectivity index (χ3v) is 5.97. The van der Waals surface area contributed by atoms with Crippen LogP contribution in [0.4, 0.5) is 4.79 Å². The van der Waals surface area contributed by atoms with E-state index in [-0.39, 0.29) is 10.5 Å². The number of hydrogen-bond acceptors (Lipinski definition) is 6. The van der Waals surface area contributed by atoms with Crippen LogP contribution in [0, 0.1) is 0 Å². The lowest BCUT2D eigenvalue weighted by molar-refractivity contribution is 0.245. The smallest absolute Gasteiger partial charge is 0.328 e. The van der Waals surface area contributed by atoms with Crippen LogP contribution >= 0.6 is 0 Å². The maximum Gasteiger partial charge on any atom is 0.328 e. The van der Waals surface area contributed by atoms with Crippen LogP contribution < -0.4 is 20.3 Å². The van der Waals surface area contributed by atoms with Crippen molar-refractivity contribution in [1.29, 1.82) is 0 Å². The fraction of sp³-hybridized carbons (Fsp3) is 0.227. The van der Waals surface area contributed by atoms with Gasteiger partial charge in [-0.25, -0.2) is 17.9 Å². The van der Waals surface area contributed by atoms with Gasteiger partial charge in [0.05, 0.1) is 23.4 Å². The number of nitrogens with one attached hydrogen (secondary N) is 2. The van der Waals surface area contributed by atoms with Crippen molar-refractivity contribution in [3.63, 3.8) is 0 Å². The van der Waals surface area contributed by atoms with Crippen LogP contribution in [0.2, 0.25) is 0 Å². The second kappa shape index (κ2) is 10.1.